The second-order valence-corrected chi connectivity index (χ2v) is 7.53. The van der Waals surface area contributed by atoms with Gasteiger partial charge in [0.05, 0.1) is 13.1 Å². The van der Waals surface area contributed by atoms with Crippen molar-refractivity contribution in [2.45, 2.75) is 65.8 Å². The van der Waals surface area contributed by atoms with E-state index in [4.69, 9.17) is 4.74 Å². The van der Waals surface area contributed by atoms with Gasteiger partial charge in [0.15, 0.2) is 11.9 Å². The van der Waals surface area contributed by atoms with E-state index >= 15 is 0 Å². The number of carboxylic acid groups (broad SMARTS) is 1. The molecule has 2 atom stereocenters. The number of hydrogen-bond acceptors (Lipinski definition) is 5. The highest BCUT2D eigenvalue weighted by molar-refractivity contribution is 5.86. The van der Waals surface area contributed by atoms with Crippen LogP contribution < -0.4 is 4.74 Å². The fourth-order valence-corrected chi connectivity index (χ4v) is 3.61. The molecule has 1 N–H and O–H groups in total. The zero-order valence-electron chi connectivity index (χ0n) is 16.8. The first-order valence-corrected chi connectivity index (χ1v) is 9.38. The molecule has 1 aliphatic rings. The highest BCUT2D eigenvalue weighted by atomic mass is 16.5. The van der Waals surface area contributed by atoms with E-state index in [2.05, 4.69) is 24.0 Å². The third-order valence-electron chi connectivity index (χ3n) is 5.15. The first-order chi connectivity index (χ1) is 13.2. The van der Waals surface area contributed by atoms with Gasteiger partial charge in [0.1, 0.15) is 17.6 Å². The molecule has 3 rings (SSSR count). The zero-order valence-corrected chi connectivity index (χ0v) is 16.8. The van der Waals surface area contributed by atoms with Gasteiger partial charge >= 0.3 is 5.97 Å². The molecule has 0 fully saturated rings. The van der Waals surface area contributed by atoms with Crippen molar-refractivity contribution in [3.63, 3.8) is 0 Å². The lowest BCUT2D eigenvalue weighted by Gasteiger charge is -2.35. The van der Waals surface area contributed by atoms with Crippen molar-refractivity contribution < 1.29 is 19.4 Å². The average Bonchev–Trinajstić information content (AvgIpc) is 3.00. The van der Waals surface area contributed by atoms with Crippen molar-refractivity contribution in [3.05, 3.63) is 41.0 Å². The maximum atomic E-state index is 13.0. The quantitative estimate of drug-likeness (QED) is 0.847. The number of aryl methyl sites for hydroxylation is 2. The van der Waals surface area contributed by atoms with E-state index in [1.165, 1.54) is 10.5 Å². The molecule has 1 aromatic heterocycles. The molecule has 0 aliphatic carbocycles. The van der Waals surface area contributed by atoms with E-state index in [1.54, 1.807) is 18.4 Å². The minimum atomic E-state index is -1.06. The lowest BCUT2D eigenvalue weighted by atomic mass is 9.98. The van der Waals surface area contributed by atoms with Crippen LogP contribution in [-0.2, 0) is 22.7 Å². The number of carbonyl (C=O) groups excluding carboxylic acids is 1. The van der Waals surface area contributed by atoms with Gasteiger partial charge in [0, 0.05) is 0 Å². The van der Waals surface area contributed by atoms with Crippen LogP contribution in [0.4, 0.5) is 0 Å². The molecule has 0 saturated carbocycles. The molecular weight excluding hydrogens is 360 g/mol. The van der Waals surface area contributed by atoms with Crippen molar-refractivity contribution in [1.82, 2.24) is 19.7 Å². The van der Waals surface area contributed by atoms with Gasteiger partial charge in [-0.2, -0.15) is 0 Å². The third-order valence-corrected chi connectivity index (χ3v) is 5.15. The Morgan fingerprint density at radius 3 is 2.54 bits per heavy atom. The number of rotatable bonds is 5. The summed E-state index contributed by atoms with van der Waals surface area (Å²) in [6.07, 6.45) is -0.818. The molecular formula is C20H26N4O4. The number of ether oxygens (including phenoxy) is 1. The molecule has 150 valence electrons. The van der Waals surface area contributed by atoms with E-state index < -0.39 is 18.1 Å². The van der Waals surface area contributed by atoms with E-state index in [1.807, 2.05) is 25.1 Å². The molecule has 2 aromatic rings. The predicted molar refractivity (Wildman–Crippen MR) is 102 cm³/mol. The van der Waals surface area contributed by atoms with Gasteiger partial charge in [-0.25, -0.2) is 4.79 Å². The third kappa shape index (κ3) is 3.72. The second-order valence-electron chi connectivity index (χ2n) is 7.53. The van der Waals surface area contributed by atoms with Crippen LogP contribution in [0.25, 0.3) is 0 Å². The fraction of sp³-hybridized carbons (Fsp3) is 0.500. The Balaban J connectivity index is 1.78. The monoisotopic (exact) mass is 386 g/mol. The number of amides is 1. The molecule has 0 saturated heterocycles. The Labute approximate surface area is 164 Å². The molecule has 2 unspecified atom stereocenters. The summed E-state index contributed by atoms with van der Waals surface area (Å²) in [5.41, 5.74) is 2.32. The van der Waals surface area contributed by atoms with Crippen molar-refractivity contribution in [2.75, 3.05) is 0 Å². The van der Waals surface area contributed by atoms with Gasteiger partial charge in [0.25, 0.3) is 5.91 Å². The minimum absolute atomic E-state index is 0.0929. The van der Waals surface area contributed by atoms with E-state index in [-0.39, 0.29) is 19.0 Å². The molecule has 1 aromatic carbocycles. The van der Waals surface area contributed by atoms with E-state index in [9.17, 15) is 14.7 Å². The summed E-state index contributed by atoms with van der Waals surface area (Å²) in [5.74, 6) is 0.761. The van der Waals surface area contributed by atoms with Crippen LogP contribution in [0.1, 0.15) is 49.5 Å². The van der Waals surface area contributed by atoms with Crippen LogP contribution in [0, 0.1) is 13.8 Å². The maximum absolute atomic E-state index is 13.0. The standard InChI is InChI=1S/C20H26N4O4/c1-11(2)16-7-6-15(8-12(16)3)28-13(4)19(25)24-10-18-22-21-14(5)23(18)9-17(24)20(26)27/h6-8,11,13,17H,9-10H2,1-5H3,(H,26,27). The van der Waals surface area contributed by atoms with Crippen LogP contribution in [0.5, 0.6) is 5.75 Å². The van der Waals surface area contributed by atoms with Crippen LogP contribution in [0.3, 0.4) is 0 Å². The number of carboxylic acids is 1. The van der Waals surface area contributed by atoms with Gasteiger partial charge in [-0.15, -0.1) is 10.2 Å². The minimum Gasteiger partial charge on any atom is -0.481 e. The Bertz CT molecular complexity index is 906. The molecule has 2 heterocycles. The molecule has 8 heteroatoms. The number of carbonyl (C=O) groups is 2. The Kier molecular flexibility index (Phi) is 5.40. The lowest BCUT2D eigenvalue weighted by Crippen LogP contribution is -2.54. The molecule has 0 bridgehead atoms. The Hall–Kier alpha value is -2.90. The van der Waals surface area contributed by atoms with E-state index in [0.717, 1.165) is 5.56 Å². The number of benzene rings is 1. The molecule has 1 amide bonds. The van der Waals surface area contributed by atoms with Crippen LogP contribution in [-0.4, -0.2) is 48.8 Å². The Morgan fingerprint density at radius 2 is 1.93 bits per heavy atom. The molecule has 0 radical (unpaired) electrons. The summed E-state index contributed by atoms with van der Waals surface area (Å²) >= 11 is 0. The van der Waals surface area contributed by atoms with Gasteiger partial charge in [-0.1, -0.05) is 19.9 Å². The number of hydrogen-bond donors (Lipinski definition) is 1. The molecule has 0 spiro atoms. The first-order valence-electron chi connectivity index (χ1n) is 9.38. The van der Waals surface area contributed by atoms with E-state index in [0.29, 0.717) is 23.3 Å². The van der Waals surface area contributed by atoms with Gasteiger partial charge in [-0.3, -0.25) is 4.79 Å². The summed E-state index contributed by atoms with van der Waals surface area (Å²) in [7, 11) is 0. The number of aliphatic carboxylic acids is 1. The van der Waals surface area contributed by atoms with Crippen LogP contribution in [0.15, 0.2) is 18.2 Å². The SMILES string of the molecule is Cc1cc(OC(C)C(=O)N2Cc3nnc(C)n3CC2C(=O)O)ccc1C(C)C. The fourth-order valence-electron chi connectivity index (χ4n) is 3.61. The van der Waals surface area contributed by atoms with Gasteiger partial charge in [0.2, 0.25) is 0 Å². The summed E-state index contributed by atoms with van der Waals surface area (Å²) in [4.78, 5) is 26.0. The zero-order chi connectivity index (χ0) is 20.6. The second kappa shape index (κ2) is 7.61. The Morgan fingerprint density at radius 1 is 1.21 bits per heavy atom. The number of nitrogens with zero attached hydrogens (tertiary/aromatic N) is 4. The summed E-state index contributed by atoms with van der Waals surface area (Å²) < 4.78 is 7.58. The lowest BCUT2D eigenvalue weighted by molar-refractivity contribution is -0.155. The topological polar surface area (TPSA) is 97.5 Å². The number of fused-ring (bicyclic) bond motifs is 1. The van der Waals surface area contributed by atoms with Crippen molar-refractivity contribution in [2.24, 2.45) is 0 Å². The van der Waals surface area contributed by atoms with Crippen molar-refractivity contribution >= 4 is 11.9 Å². The smallest absolute Gasteiger partial charge is 0.328 e. The largest absolute Gasteiger partial charge is 0.481 e. The number of aromatic nitrogens is 3. The first kappa shape index (κ1) is 19.9. The molecule has 1 aliphatic heterocycles. The summed E-state index contributed by atoms with van der Waals surface area (Å²) in [6, 6.07) is 4.77. The highest BCUT2D eigenvalue weighted by Crippen LogP contribution is 2.25. The van der Waals surface area contributed by atoms with Crippen LogP contribution >= 0.6 is 0 Å². The summed E-state index contributed by atoms with van der Waals surface area (Å²) in [6.45, 7) is 9.88. The maximum Gasteiger partial charge on any atom is 0.328 e. The van der Waals surface area contributed by atoms with Crippen molar-refractivity contribution in [1.29, 1.82) is 0 Å². The molecule has 28 heavy (non-hydrogen) atoms. The average molecular weight is 386 g/mol. The predicted octanol–water partition coefficient (Wildman–Crippen LogP) is 2.28. The van der Waals surface area contributed by atoms with Gasteiger partial charge in [-0.05, 0) is 49.9 Å². The normalized spacial score (nSPS) is 17.4. The van der Waals surface area contributed by atoms with Crippen molar-refractivity contribution in [3.8, 4) is 5.75 Å². The molecule has 8 nitrogen and oxygen atoms in total. The van der Waals surface area contributed by atoms with Crippen LogP contribution in [0.2, 0.25) is 0 Å². The van der Waals surface area contributed by atoms with Gasteiger partial charge < -0.3 is 19.3 Å². The summed E-state index contributed by atoms with van der Waals surface area (Å²) in [5, 5.41) is 17.6. The highest BCUT2D eigenvalue weighted by Gasteiger charge is 2.38.